The highest BCUT2D eigenvalue weighted by molar-refractivity contribution is 9.10. The van der Waals surface area contributed by atoms with Gasteiger partial charge < -0.3 is 5.32 Å². The average Bonchev–Trinajstić information content (AvgIpc) is 2.29. The first-order valence-corrected chi connectivity index (χ1v) is 6.02. The molecular weight excluding hydrogens is 268 g/mol. The van der Waals surface area contributed by atoms with Gasteiger partial charge in [0.05, 0.1) is 0 Å². The monoisotopic (exact) mass is 280 g/mol. The smallest absolute Gasteiger partial charge is 0.146 e. The lowest BCUT2D eigenvalue weighted by Gasteiger charge is -2.28. The number of hydrogen-bond donors (Lipinski definition) is 1. The van der Waals surface area contributed by atoms with Crippen LogP contribution < -0.4 is 5.32 Å². The number of benzene rings is 1. The first-order chi connectivity index (χ1) is 7.78. The maximum atomic E-state index is 10.6. The molecule has 0 saturated carbocycles. The Bertz CT molecular complexity index is 427. The van der Waals surface area contributed by atoms with Gasteiger partial charge in [-0.1, -0.05) is 28.1 Å². The molecule has 1 heterocycles. The van der Waals surface area contributed by atoms with Crippen molar-refractivity contribution in [2.24, 2.45) is 0 Å². The fraction of sp³-hybridized carbons (Fsp3) is 0.333. The van der Waals surface area contributed by atoms with Gasteiger partial charge in [-0.05, 0) is 17.7 Å². The second kappa shape index (κ2) is 5.30. The molecule has 1 N–H and O–H groups in total. The largest absolute Gasteiger partial charge is 0.377 e. The summed E-state index contributed by atoms with van der Waals surface area (Å²) in [7, 11) is 0. The average molecular weight is 281 g/mol. The summed E-state index contributed by atoms with van der Waals surface area (Å²) in [6.07, 6.45) is 0. The lowest BCUT2D eigenvalue weighted by molar-refractivity contribution is 0.260. The first-order valence-electron chi connectivity index (χ1n) is 5.22. The minimum atomic E-state index is 0.654. The van der Waals surface area contributed by atoms with Gasteiger partial charge in [0, 0.05) is 30.7 Å². The van der Waals surface area contributed by atoms with Crippen LogP contribution in [0.15, 0.2) is 34.4 Å². The van der Waals surface area contributed by atoms with Gasteiger partial charge in [0.15, 0.2) is 0 Å². The van der Waals surface area contributed by atoms with Crippen LogP contribution in [0.3, 0.4) is 0 Å². The van der Waals surface area contributed by atoms with Crippen molar-refractivity contribution in [2.45, 2.75) is 6.54 Å². The van der Waals surface area contributed by atoms with E-state index in [1.807, 2.05) is 18.1 Å². The molecule has 0 amide bonds. The van der Waals surface area contributed by atoms with Crippen LogP contribution in [0.5, 0.6) is 0 Å². The van der Waals surface area contributed by atoms with Crippen molar-refractivity contribution in [2.75, 3.05) is 19.6 Å². The Morgan fingerprint density at radius 2 is 2.38 bits per heavy atom. The molecule has 0 aliphatic carbocycles. The molecule has 1 aliphatic rings. The molecule has 0 aromatic heterocycles. The minimum absolute atomic E-state index is 0.654. The van der Waals surface area contributed by atoms with E-state index in [9.17, 15) is 4.79 Å². The van der Waals surface area contributed by atoms with E-state index in [0.717, 1.165) is 24.1 Å². The van der Waals surface area contributed by atoms with Crippen LogP contribution in [0.4, 0.5) is 0 Å². The van der Waals surface area contributed by atoms with Gasteiger partial charge in [-0.3, -0.25) is 4.90 Å². The van der Waals surface area contributed by atoms with E-state index < -0.39 is 0 Å². The molecule has 3 nitrogen and oxygen atoms in total. The third-order valence-corrected chi connectivity index (χ3v) is 3.06. The van der Waals surface area contributed by atoms with E-state index in [-0.39, 0.29) is 0 Å². The molecule has 1 saturated heterocycles. The van der Waals surface area contributed by atoms with Crippen LogP contribution in [-0.4, -0.2) is 30.5 Å². The van der Waals surface area contributed by atoms with Crippen molar-refractivity contribution in [1.82, 2.24) is 10.2 Å². The standard InChI is InChI=1S/C12H13BrN2O/c13-11-3-1-2-10(6-11)7-15-5-4-14-12(8-15)9-16/h1-3,6,14H,4-5,7-8H2. The summed E-state index contributed by atoms with van der Waals surface area (Å²) in [5.74, 6) is 1.94. The van der Waals surface area contributed by atoms with E-state index in [4.69, 9.17) is 0 Å². The number of nitrogens with zero attached hydrogens (tertiary/aromatic N) is 1. The predicted molar refractivity (Wildman–Crippen MR) is 66.6 cm³/mol. The van der Waals surface area contributed by atoms with E-state index in [2.05, 4.69) is 38.3 Å². The SMILES string of the molecule is O=C=C1CN(Cc2cccc(Br)c2)CCN1. The summed E-state index contributed by atoms with van der Waals surface area (Å²) in [6, 6.07) is 8.24. The fourth-order valence-corrected chi connectivity index (χ4v) is 2.27. The van der Waals surface area contributed by atoms with Crippen molar-refractivity contribution in [3.63, 3.8) is 0 Å². The zero-order valence-corrected chi connectivity index (χ0v) is 10.5. The molecule has 0 spiro atoms. The molecule has 0 atom stereocenters. The first kappa shape index (κ1) is 11.4. The molecule has 0 bridgehead atoms. The van der Waals surface area contributed by atoms with Crippen molar-refractivity contribution in [1.29, 1.82) is 0 Å². The Hall–Kier alpha value is -1.09. The second-order valence-corrected chi connectivity index (χ2v) is 4.76. The highest BCUT2D eigenvalue weighted by atomic mass is 79.9. The summed E-state index contributed by atoms with van der Waals surface area (Å²) in [5.41, 5.74) is 1.91. The van der Waals surface area contributed by atoms with Crippen LogP contribution in [-0.2, 0) is 11.3 Å². The molecule has 1 aromatic rings. The van der Waals surface area contributed by atoms with Gasteiger partial charge in [0.2, 0.25) is 0 Å². The van der Waals surface area contributed by atoms with Gasteiger partial charge in [-0.2, -0.15) is 0 Å². The van der Waals surface area contributed by atoms with Gasteiger partial charge in [-0.15, -0.1) is 0 Å². The Morgan fingerprint density at radius 1 is 1.50 bits per heavy atom. The number of carbonyl (C=O) groups excluding carboxylic acids is 1. The van der Waals surface area contributed by atoms with Crippen molar-refractivity contribution < 1.29 is 4.79 Å². The molecule has 4 heteroatoms. The molecule has 1 aliphatic heterocycles. The Balaban J connectivity index is 2.02. The summed E-state index contributed by atoms with van der Waals surface area (Å²) in [6.45, 7) is 3.30. The third-order valence-electron chi connectivity index (χ3n) is 2.57. The molecule has 2 rings (SSSR count). The summed E-state index contributed by atoms with van der Waals surface area (Å²) in [4.78, 5) is 12.8. The summed E-state index contributed by atoms with van der Waals surface area (Å²) < 4.78 is 1.09. The summed E-state index contributed by atoms with van der Waals surface area (Å²) >= 11 is 3.45. The Morgan fingerprint density at radius 3 is 3.12 bits per heavy atom. The number of nitrogens with one attached hydrogen (secondary N) is 1. The number of piperazine rings is 1. The molecule has 0 radical (unpaired) electrons. The van der Waals surface area contributed by atoms with Gasteiger partial charge in [0.25, 0.3) is 0 Å². The quantitative estimate of drug-likeness (QED) is 0.835. The zero-order valence-electron chi connectivity index (χ0n) is 8.87. The van der Waals surface area contributed by atoms with E-state index in [1.54, 1.807) is 0 Å². The van der Waals surface area contributed by atoms with Crippen molar-refractivity contribution >= 4 is 21.9 Å². The predicted octanol–water partition coefficient (Wildman–Crippen LogP) is 1.57. The Kier molecular flexibility index (Phi) is 3.78. The number of rotatable bonds is 2. The van der Waals surface area contributed by atoms with Gasteiger partial charge >= 0.3 is 0 Å². The highest BCUT2D eigenvalue weighted by Crippen LogP contribution is 2.14. The van der Waals surface area contributed by atoms with E-state index >= 15 is 0 Å². The topological polar surface area (TPSA) is 32.3 Å². The van der Waals surface area contributed by atoms with Crippen LogP contribution in [0.2, 0.25) is 0 Å². The number of hydrogen-bond acceptors (Lipinski definition) is 3. The van der Waals surface area contributed by atoms with E-state index in [0.29, 0.717) is 12.2 Å². The minimum Gasteiger partial charge on any atom is -0.377 e. The second-order valence-electron chi connectivity index (χ2n) is 3.85. The zero-order chi connectivity index (χ0) is 11.4. The lowest BCUT2D eigenvalue weighted by atomic mass is 10.2. The number of halogens is 1. The van der Waals surface area contributed by atoms with Crippen LogP contribution >= 0.6 is 15.9 Å². The molecule has 1 fully saturated rings. The third kappa shape index (κ3) is 2.95. The maximum Gasteiger partial charge on any atom is 0.146 e. The maximum absolute atomic E-state index is 10.6. The normalized spacial score (nSPS) is 16.7. The highest BCUT2D eigenvalue weighted by Gasteiger charge is 2.14. The molecule has 0 unspecified atom stereocenters. The molecule has 16 heavy (non-hydrogen) atoms. The van der Waals surface area contributed by atoms with Crippen LogP contribution in [0, 0.1) is 0 Å². The molecule has 1 aromatic carbocycles. The van der Waals surface area contributed by atoms with Crippen LogP contribution in [0.1, 0.15) is 5.56 Å². The van der Waals surface area contributed by atoms with E-state index in [1.165, 1.54) is 5.56 Å². The lowest BCUT2D eigenvalue weighted by Crippen LogP contribution is -2.41. The fourth-order valence-electron chi connectivity index (χ4n) is 1.82. The molecular formula is C12H13BrN2O. The van der Waals surface area contributed by atoms with Crippen molar-refractivity contribution in [3.8, 4) is 0 Å². The van der Waals surface area contributed by atoms with Crippen molar-refractivity contribution in [3.05, 3.63) is 40.0 Å². The summed E-state index contributed by atoms with van der Waals surface area (Å²) in [5, 5.41) is 3.04. The van der Waals surface area contributed by atoms with Crippen LogP contribution in [0.25, 0.3) is 0 Å². The molecule has 84 valence electrons. The van der Waals surface area contributed by atoms with Gasteiger partial charge in [0.1, 0.15) is 11.6 Å². The Labute approximate surface area is 103 Å². The van der Waals surface area contributed by atoms with Gasteiger partial charge in [-0.25, -0.2) is 4.79 Å².